The van der Waals surface area contributed by atoms with Crippen molar-refractivity contribution in [1.82, 2.24) is 4.90 Å². The van der Waals surface area contributed by atoms with Crippen LogP contribution in [-0.2, 0) is 6.54 Å². The van der Waals surface area contributed by atoms with E-state index < -0.39 is 6.61 Å². The Morgan fingerprint density at radius 1 is 1.27 bits per heavy atom. The van der Waals surface area contributed by atoms with Crippen LogP contribution in [-0.4, -0.2) is 25.1 Å². The van der Waals surface area contributed by atoms with Gasteiger partial charge in [-0.25, -0.2) is 0 Å². The monoisotopic (exact) mass is 215 g/mol. The first kappa shape index (κ1) is 11.9. The Balaban J connectivity index is 2.56. The van der Waals surface area contributed by atoms with E-state index in [0.29, 0.717) is 0 Å². The van der Waals surface area contributed by atoms with E-state index in [1.165, 1.54) is 0 Å². The van der Waals surface area contributed by atoms with Gasteiger partial charge in [0.05, 0.1) is 0 Å². The van der Waals surface area contributed by atoms with Crippen molar-refractivity contribution in [2.45, 2.75) is 20.1 Å². The van der Waals surface area contributed by atoms with Gasteiger partial charge in [-0.15, -0.1) is 0 Å². The molecule has 84 valence electrons. The van der Waals surface area contributed by atoms with E-state index in [-0.39, 0.29) is 5.75 Å². The van der Waals surface area contributed by atoms with Gasteiger partial charge < -0.3 is 9.64 Å². The molecule has 0 aliphatic heterocycles. The maximum absolute atomic E-state index is 11.9. The molecule has 0 aliphatic carbocycles. The number of hydrogen-bond acceptors (Lipinski definition) is 2. The highest BCUT2D eigenvalue weighted by Gasteiger charge is 2.04. The molecule has 0 saturated carbocycles. The van der Waals surface area contributed by atoms with E-state index in [2.05, 4.69) is 16.6 Å². The lowest BCUT2D eigenvalue weighted by molar-refractivity contribution is -0.0498. The third-order valence-electron chi connectivity index (χ3n) is 2.14. The summed E-state index contributed by atoms with van der Waals surface area (Å²) in [5.41, 5.74) is 1.08. The lowest BCUT2D eigenvalue weighted by atomic mass is 10.2. The van der Waals surface area contributed by atoms with Gasteiger partial charge in [-0.2, -0.15) is 8.78 Å². The SMILES string of the molecule is CCN(C)Cc1ccc(OC(F)F)cc1. The molecule has 0 saturated heterocycles. The molecule has 0 fully saturated rings. The quantitative estimate of drug-likeness (QED) is 0.748. The Labute approximate surface area is 88.5 Å². The van der Waals surface area contributed by atoms with E-state index in [9.17, 15) is 8.78 Å². The second-order valence-electron chi connectivity index (χ2n) is 3.35. The number of halogens is 2. The van der Waals surface area contributed by atoms with Gasteiger partial charge in [0.15, 0.2) is 0 Å². The van der Waals surface area contributed by atoms with E-state index in [1.807, 2.05) is 7.05 Å². The highest BCUT2D eigenvalue weighted by Crippen LogP contribution is 2.15. The highest BCUT2D eigenvalue weighted by molar-refractivity contribution is 5.27. The van der Waals surface area contributed by atoms with E-state index in [4.69, 9.17) is 0 Å². The fourth-order valence-corrected chi connectivity index (χ4v) is 1.20. The van der Waals surface area contributed by atoms with Crippen molar-refractivity contribution in [1.29, 1.82) is 0 Å². The van der Waals surface area contributed by atoms with Crippen molar-refractivity contribution in [3.8, 4) is 5.75 Å². The molecule has 2 nitrogen and oxygen atoms in total. The number of nitrogens with zero attached hydrogens (tertiary/aromatic N) is 1. The molecule has 0 atom stereocenters. The van der Waals surface area contributed by atoms with Gasteiger partial charge in [0.1, 0.15) is 5.75 Å². The first-order valence-electron chi connectivity index (χ1n) is 4.84. The molecule has 1 aromatic carbocycles. The molecule has 0 radical (unpaired) electrons. The zero-order chi connectivity index (χ0) is 11.3. The minimum absolute atomic E-state index is 0.202. The molecule has 1 aromatic rings. The van der Waals surface area contributed by atoms with Crippen LogP contribution in [0, 0.1) is 0 Å². The number of ether oxygens (including phenoxy) is 1. The molecule has 0 spiro atoms. The van der Waals surface area contributed by atoms with Crippen molar-refractivity contribution in [2.24, 2.45) is 0 Å². The Hall–Kier alpha value is -1.16. The predicted molar refractivity (Wildman–Crippen MR) is 55.1 cm³/mol. The van der Waals surface area contributed by atoms with Gasteiger partial charge in [0.2, 0.25) is 0 Å². The van der Waals surface area contributed by atoms with Crippen LogP contribution in [0.5, 0.6) is 5.75 Å². The fourth-order valence-electron chi connectivity index (χ4n) is 1.20. The van der Waals surface area contributed by atoms with Crippen molar-refractivity contribution < 1.29 is 13.5 Å². The lowest BCUT2D eigenvalue weighted by Gasteiger charge is -2.13. The molecule has 0 N–H and O–H groups in total. The smallest absolute Gasteiger partial charge is 0.387 e. The van der Waals surface area contributed by atoms with Crippen LogP contribution in [0.3, 0.4) is 0 Å². The summed E-state index contributed by atoms with van der Waals surface area (Å²) in [5, 5.41) is 0. The van der Waals surface area contributed by atoms with Crippen LogP contribution in [0.25, 0.3) is 0 Å². The normalized spacial score (nSPS) is 11.1. The van der Waals surface area contributed by atoms with Crippen LogP contribution in [0.1, 0.15) is 12.5 Å². The average Bonchev–Trinajstić information content (AvgIpc) is 2.20. The molecule has 0 amide bonds. The summed E-state index contributed by atoms with van der Waals surface area (Å²) < 4.78 is 28.0. The first-order valence-corrected chi connectivity index (χ1v) is 4.84. The Morgan fingerprint density at radius 3 is 2.33 bits per heavy atom. The van der Waals surface area contributed by atoms with Crippen LogP contribution in [0.15, 0.2) is 24.3 Å². The zero-order valence-corrected chi connectivity index (χ0v) is 8.91. The van der Waals surface area contributed by atoms with Crippen molar-refractivity contribution in [2.75, 3.05) is 13.6 Å². The van der Waals surface area contributed by atoms with E-state index >= 15 is 0 Å². The minimum atomic E-state index is -2.76. The lowest BCUT2D eigenvalue weighted by Crippen LogP contribution is -2.16. The summed E-state index contributed by atoms with van der Waals surface area (Å²) in [6.07, 6.45) is 0. The molecule has 0 bridgehead atoms. The van der Waals surface area contributed by atoms with Gasteiger partial charge in [-0.3, -0.25) is 0 Å². The third kappa shape index (κ3) is 4.25. The van der Waals surface area contributed by atoms with E-state index in [0.717, 1.165) is 18.7 Å². The molecule has 15 heavy (non-hydrogen) atoms. The summed E-state index contributed by atoms with van der Waals surface area (Å²) >= 11 is 0. The largest absolute Gasteiger partial charge is 0.435 e. The van der Waals surface area contributed by atoms with Crippen LogP contribution in [0.4, 0.5) is 8.78 Å². The van der Waals surface area contributed by atoms with Crippen LogP contribution >= 0.6 is 0 Å². The van der Waals surface area contributed by atoms with Gasteiger partial charge in [-0.05, 0) is 31.3 Å². The number of hydrogen-bond donors (Lipinski definition) is 0. The molecule has 1 rings (SSSR count). The zero-order valence-electron chi connectivity index (χ0n) is 8.91. The van der Waals surface area contributed by atoms with Crippen molar-refractivity contribution in [3.63, 3.8) is 0 Å². The molecule has 0 aromatic heterocycles. The topological polar surface area (TPSA) is 12.5 Å². The van der Waals surface area contributed by atoms with E-state index in [1.54, 1.807) is 24.3 Å². The number of alkyl halides is 2. The van der Waals surface area contributed by atoms with Crippen molar-refractivity contribution >= 4 is 0 Å². The second kappa shape index (κ2) is 5.66. The Kier molecular flexibility index (Phi) is 4.49. The summed E-state index contributed by atoms with van der Waals surface area (Å²) in [6.45, 7) is 1.07. The maximum Gasteiger partial charge on any atom is 0.387 e. The molecular formula is C11H15F2NO. The number of rotatable bonds is 5. The molecule has 0 aliphatic rings. The average molecular weight is 215 g/mol. The minimum Gasteiger partial charge on any atom is -0.435 e. The van der Waals surface area contributed by atoms with Crippen LogP contribution < -0.4 is 4.74 Å². The van der Waals surface area contributed by atoms with Gasteiger partial charge in [0.25, 0.3) is 0 Å². The summed E-state index contributed by atoms with van der Waals surface area (Å²) in [7, 11) is 2.00. The van der Waals surface area contributed by atoms with Gasteiger partial charge in [0, 0.05) is 6.54 Å². The first-order chi connectivity index (χ1) is 7.11. The Bertz CT molecular complexity index is 287. The number of benzene rings is 1. The van der Waals surface area contributed by atoms with Crippen LogP contribution in [0.2, 0.25) is 0 Å². The molecule has 0 heterocycles. The summed E-state index contributed by atoms with van der Waals surface area (Å²) in [4.78, 5) is 2.13. The molecule has 0 unspecified atom stereocenters. The van der Waals surface area contributed by atoms with Gasteiger partial charge >= 0.3 is 6.61 Å². The predicted octanol–water partition coefficient (Wildman–Crippen LogP) is 2.74. The summed E-state index contributed by atoms with van der Waals surface area (Å²) in [6, 6.07) is 6.71. The highest BCUT2D eigenvalue weighted by atomic mass is 19.3. The summed E-state index contributed by atoms with van der Waals surface area (Å²) in [5.74, 6) is 0.202. The molecular weight excluding hydrogens is 200 g/mol. The standard InChI is InChI=1S/C11H15F2NO/c1-3-14(2)8-9-4-6-10(7-5-9)15-11(12)13/h4-7,11H,3,8H2,1-2H3. The second-order valence-corrected chi connectivity index (χ2v) is 3.35. The maximum atomic E-state index is 11.9. The Morgan fingerprint density at radius 2 is 1.87 bits per heavy atom. The fraction of sp³-hybridized carbons (Fsp3) is 0.455. The molecule has 4 heteroatoms. The third-order valence-corrected chi connectivity index (χ3v) is 2.14. The van der Waals surface area contributed by atoms with Gasteiger partial charge in [-0.1, -0.05) is 19.1 Å². The van der Waals surface area contributed by atoms with Crippen molar-refractivity contribution in [3.05, 3.63) is 29.8 Å².